The minimum Gasteiger partial charge on any atom is -0.456 e. The molecule has 4 heteroatoms. The summed E-state index contributed by atoms with van der Waals surface area (Å²) in [6.45, 7) is 8.06. The number of aryl methyl sites for hydroxylation is 3. The quantitative estimate of drug-likeness (QED) is 0.657. The highest BCUT2D eigenvalue weighted by atomic mass is 16.4. The molecule has 0 aliphatic heterocycles. The topological polar surface area (TPSA) is 62.5 Å². The molecule has 0 fully saturated rings. The van der Waals surface area contributed by atoms with Crippen LogP contribution in [0.5, 0.6) is 0 Å². The van der Waals surface area contributed by atoms with Gasteiger partial charge >= 0.3 is 0 Å². The van der Waals surface area contributed by atoms with Crippen molar-refractivity contribution in [2.45, 2.75) is 46.3 Å². The number of benzene rings is 2. The molecule has 2 atom stereocenters. The summed E-state index contributed by atoms with van der Waals surface area (Å²) in [4.78, 5) is 12.5. The highest BCUT2D eigenvalue weighted by Gasteiger charge is 2.21. The third-order valence-corrected chi connectivity index (χ3v) is 5.05. The average Bonchev–Trinajstić information content (AvgIpc) is 3.13. The van der Waals surface area contributed by atoms with Gasteiger partial charge in [-0.3, -0.25) is 4.79 Å². The smallest absolute Gasteiger partial charge is 0.287 e. The number of rotatable bonds is 6. The number of aliphatic hydroxyl groups excluding tert-OH is 1. The van der Waals surface area contributed by atoms with Crippen molar-refractivity contribution in [1.82, 2.24) is 5.32 Å². The molecule has 1 aromatic heterocycles. The van der Waals surface area contributed by atoms with Gasteiger partial charge in [-0.25, -0.2) is 0 Å². The summed E-state index contributed by atoms with van der Waals surface area (Å²) in [5.74, 6) is 0.673. The van der Waals surface area contributed by atoms with Crippen LogP contribution in [-0.2, 0) is 6.42 Å². The zero-order valence-corrected chi connectivity index (χ0v) is 16.8. The molecule has 3 aromatic rings. The first-order chi connectivity index (χ1) is 13.3. The summed E-state index contributed by atoms with van der Waals surface area (Å²) in [5, 5.41) is 13.2. The van der Waals surface area contributed by atoms with Crippen LogP contribution in [-0.4, -0.2) is 17.1 Å². The molecule has 0 saturated carbocycles. The van der Waals surface area contributed by atoms with E-state index in [1.54, 1.807) is 13.0 Å². The second-order valence-corrected chi connectivity index (χ2v) is 7.44. The standard InChI is InChI=1S/C24H27NO3/c1-15-12-16(2)21(17(3)13-15)14-20-10-11-22(28-20)24(27)25-18(4)23(26)19-8-6-5-7-9-19/h5-13,18,23,26H,14H2,1-4H3,(H,25,27). The summed E-state index contributed by atoms with van der Waals surface area (Å²) in [7, 11) is 0. The molecule has 2 N–H and O–H groups in total. The Bertz CT molecular complexity index is 936. The molecule has 146 valence electrons. The molecule has 4 nitrogen and oxygen atoms in total. The van der Waals surface area contributed by atoms with E-state index in [1.165, 1.54) is 22.3 Å². The lowest BCUT2D eigenvalue weighted by Gasteiger charge is -2.20. The molecule has 0 aliphatic rings. The van der Waals surface area contributed by atoms with Gasteiger partial charge in [-0.05, 0) is 62.1 Å². The molecule has 0 bridgehead atoms. The van der Waals surface area contributed by atoms with Crippen LogP contribution in [0.2, 0.25) is 0 Å². The van der Waals surface area contributed by atoms with E-state index in [0.717, 1.165) is 11.3 Å². The van der Waals surface area contributed by atoms with E-state index in [9.17, 15) is 9.90 Å². The van der Waals surface area contributed by atoms with Crippen molar-refractivity contribution >= 4 is 5.91 Å². The number of hydrogen-bond acceptors (Lipinski definition) is 3. The van der Waals surface area contributed by atoms with Crippen molar-refractivity contribution in [1.29, 1.82) is 0 Å². The Kier molecular flexibility index (Phi) is 6.00. The van der Waals surface area contributed by atoms with Crippen molar-refractivity contribution in [3.63, 3.8) is 0 Å². The lowest BCUT2D eigenvalue weighted by Crippen LogP contribution is -2.36. The Morgan fingerprint density at radius 3 is 2.32 bits per heavy atom. The first-order valence-corrected chi connectivity index (χ1v) is 9.54. The fourth-order valence-electron chi connectivity index (χ4n) is 3.55. The van der Waals surface area contributed by atoms with Gasteiger partial charge in [0.15, 0.2) is 5.76 Å². The van der Waals surface area contributed by atoms with Gasteiger partial charge in [0.1, 0.15) is 5.76 Å². The predicted molar refractivity (Wildman–Crippen MR) is 110 cm³/mol. The Morgan fingerprint density at radius 1 is 1.04 bits per heavy atom. The fourth-order valence-corrected chi connectivity index (χ4v) is 3.55. The van der Waals surface area contributed by atoms with Gasteiger partial charge in [-0.15, -0.1) is 0 Å². The molecule has 1 heterocycles. The zero-order chi connectivity index (χ0) is 20.3. The van der Waals surface area contributed by atoms with E-state index < -0.39 is 12.1 Å². The molecule has 1 amide bonds. The minimum absolute atomic E-state index is 0.254. The number of furan rings is 1. The number of nitrogens with one attached hydrogen (secondary N) is 1. The van der Waals surface area contributed by atoms with Gasteiger partial charge in [-0.2, -0.15) is 0 Å². The van der Waals surface area contributed by atoms with E-state index in [-0.39, 0.29) is 11.7 Å². The maximum absolute atomic E-state index is 12.5. The maximum Gasteiger partial charge on any atom is 0.287 e. The Labute approximate surface area is 166 Å². The van der Waals surface area contributed by atoms with Gasteiger partial charge in [0.25, 0.3) is 5.91 Å². The van der Waals surface area contributed by atoms with Crippen molar-refractivity contribution < 1.29 is 14.3 Å². The van der Waals surface area contributed by atoms with Crippen LogP contribution in [0.3, 0.4) is 0 Å². The summed E-state index contributed by atoms with van der Waals surface area (Å²) < 4.78 is 5.78. The first-order valence-electron chi connectivity index (χ1n) is 9.54. The van der Waals surface area contributed by atoms with E-state index in [2.05, 4.69) is 38.2 Å². The summed E-state index contributed by atoms with van der Waals surface area (Å²) in [5.41, 5.74) is 5.67. The summed E-state index contributed by atoms with van der Waals surface area (Å²) in [6, 6.07) is 16.7. The number of hydrogen-bond donors (Lipinski definition) is 2. The molecule has 2 aromatic carbocycles. The van der Waals surface area contributed by atoms with Crippen molar-refractivity contribution in [2.24, 2.45) is 0 Å². The van der Waals surface area contributed by atoms with E-state index in [0.29, 0.717) is 6.42 Å². The first kappa shape index (κ1) is 19.9. The molecular weight excluding hydrogens is 350 g/mol. The number of aliphatic hydroxyl groups is 1. The van der Waals surface area contributed by atoms with E-state index in [4.69, 9.17) is 4.42 Å². The van der Waals surface area contributed by atoms with E-state index >= 15 is 0 Å². The van der Waals surface area contributed by atoms with Gasteiger partial charge in [0.2, 0.25) is 0 Å². The lowest BCUT2D eigenvalue weighted by atomic mass is 9.97. The Morgan fingerprint density at radius 2 is 1.68 bits per heavy atom. The third-order valence-electron chi connectivity index (χ3n) is 5.05. The monoisotopic (exact) mass is 377 g/mol. The summed E-state index contributed by atoms with van der Waals surface area (Å²) in [6.07, 6.45) is -0.134. The van der Waals surface area contributed by atoms with Crippen LogP contribution in [0.25, 0.3) is 0 Å². The summed E-state index contributed by atoms with van der Waals surface area (Å²) >= 11 is 0. The zero-order valence-electron chi connectivity index (χ0n) is 16.8. The van der Waals surface area contributed by atoms with Crippen LogP contribution in [0.1, 0.15) is 57.2 Å². The highest BCUT2D eigenvalue weighted by Crippen LogP contribution is 2.22. The highest BCUT2D eigenvalue weighted by molar-refractivity contribution is 5.91. The van der Waals surface area contributed by atoms with Crippen molar-refractivity contribution in [3.8, 4) is 0 Å². The second-order valence-electron chi connectivity index (χ2n) is 7.44. The van der Waals surface area contributed by atoms with E-state index in [1.807, 2.05) is 36.4 Å². The molecule has 0 aliphatic carbocycles. The third kappa shape index (κ3) is 4.52. The average molecular weight is 377 g/mol. The minimum atomic E-state index is -0.780. The van der Waals surface area contributed by atoms with Gasteiger partial charge in [0.05, 0.1) is 12.1 Å². The Balaban J connectivity index is 1.67. The van der Waals surface area contributed by atoms with Crippen LogP contribution >= 0.6 is 0 Å². The molecule has 0 saturated heterocycles. The normalized spacial score (nSPS) is 13.2. The lowest BCUT2D eigenvalue weighted by molar-refractivity contribution is 0.0824. The van der Waals surface area contributed by atoms with Gasteiger partial charge < -0.3 is 14.8 Å². The molecule has 3 rings (SSSR count). The molecule has 0 radical (unpaired) electrons. The second kappa shape index (κ2) is 8.44. The number of amides is 1. The van der Waals surface area contributed by atoms with Crippen LogP contribution in [0.15, 0.2) is 59.0 Å². The number of carbonyl (C=O) groups excluding carboxylic acids is 1. The van der Waals surface area contributed by atoms with Crippen molar-refractivity contribution in [3.05, 3.63) is 93.9 Å². The van der Waals surface area contributed by atoms with Gasteiger partial charge in [-0.1, -0.05) is 48.0 Å². The van der Waals surface area contributed by atoms with Crippen molar-refractivity contribution in [2.75, 3.05) is 0 Å². The Hall–Kier alpha value is -2.85. The van der Waals surface area contributed by atoms with Gasteiger partial charge in [0, 0.05) is 6.42 Å². The van der Waals surface area contributed by atoms with Crippen LogP contribution in [0, 0.1) is 20.8 Å². The number of carbonyl (C=O) groups is 1. The molecular formula is C24H27NO3. The van der Waals surface area contributed by atoms with Crippen LogP contribution in [0.4, 0.5) is 0 Å². The largest absolute Gasteiger partial charge is 0.456 e. The fraction of sp³-hybridized carbons (Fsp3) is 0.292. The van der Waals surface area contributed by atoms with Crippen LogP contribution < -0.4 is 5.32 Å². The molecule has 28 heavy (non-hydrogen) atoms. The predicted octanol–water partition coefficient (Wildman–Crippen LogP) is 4.65. The molecule has 2 unspecified atom stereocenters. The molecule has 0 spiro atoms. The SMILES string of the molecule is Cc1cc(C)c(Cc2ccc(C(=O)NC(C)C(O)c3ccccc3)o2)c(C)c1. The maximum atomic E-state index is 12.5.